The molecule has 2 heterocycles. The van der Waals surface area contributed by atoms with E-state index in [1.807, 2.05) is 18.2 Å². The number of rotatable bonds is 4. The second-order valence-corrected chi connectivity index (χ2v) is 3.32. The normalized spacial score (nSPS) is 10.2. The van der Waals surface area contributed by atoms with Gasteiger partial charge in [0, 0.05) is 18.9 Å². The molecule has 0 aliphatic rings. The first kappa shape index (κ1) is 10.5. The lowest BCUT2D eigenvalue weighted by atomic mass is 10.3. The monoisotopic (exact) mass is 215 g/mol. The highest BCUT2D eigenvalue weighted by Crippen LogP contribution is 1.97. The Labute approximate surface area is 93.8 Å². The molecule has 0 aliphatic carbocycles. The Morgan fingerprint density at radius 1 is 1.06 bits per heavy atom. The Morgan fingerprint density at radius 3 is 2.75 bits per heavy atom. The quantitative estimate of drug-likeness (QED) is 0.786. The Kier molecular flexibility index (Phi) is 3.40. The summed E-state index contributed by atoms with van der Waals surface area (Å²) < 4.78 is 0. The van der Waals surface area contributed by atoms with Crippen LogP contribution < -0.4 is 11.1 Å². The molecule has 82 valence electrons. The van der Waals surface area contributed by atoms with E-state index in [1.54, 1.807) is 18.5 Å². The van der Waals surface area contributed by atoms with Crippen molar-refractivity contribution in [3.8, 4) is 0 Å². The molecule has 2 aromatic heterocycles. The minimum Gasteiger partial charge on any atom is -0.384 e. The minimum atomic E-state index is 0.490. The molecule has 0 bridgehead atoms. The van der Waals surface area contributed by atoms with E-state index in [4.69, 9.17) is 5.73 Å². The molecule has 16 heavy (non-hydrogen) atoms. The van der Waals surface area contributed by atoms with Crippen LogP contribution in [0.15, 0.2) is 36.7 Å². The van der Waals surface area contributed by atoms with Crippen molar-refractivity contribution < 1.29 is 0 Å². The lowest BCUT2D eigenvalue weighted by Gasteiger charge is -2.03. The van der Waals surface area contributed by atoms with Gasteiger partial charge in [-0.15, -0.1) is 0 Å². The molecule has 2 aromatic rings. The van der Waals surface area contributed by atoms with Crippen molar-refractivity contribution in [2.24, 2.45) is 0 Å². The standard InChI is InChI=1S/C11H13N5/c12-10-4-6-15-11(16-10)8-13-7-9-3-1-2-5-14-9/h1-6,13H,7-8H2,(H2,12,15,16). The van der Waals surface area contributed by atoms with Crippen LogP contribution in [-0.2, 0) is 13.1 Å². The van der Waals surface area contributed by atoms with Crippen LogP contribution in [0, 0.1) is 0 Å². The van der Waals surface area contributed by atoms with Crippen molar-refractivity contribution in [3.63, 3.8) is 0 Å². The molecule has 0 amide bonds. The van der Waals surface area contributed by atoms with Crippen LogP contribution in [0.4, 0.5) is 5.82 Å². The van der Waals surface area contributed by atoms with E-state index < -0.39 is 0 Å². The summed E-state index contributed by atoms with van der Waals surface area (Å²) in [6, 6.07) is 7.49. The van der Waals surface area contributed by atoms with E-state index in [0.717, 1.165) is 5.69 Å². The fourth-order valence-electron chi connectivity index (χ4n) is 1.31. The largest absolute Gasteiger partial charge is 0.384 e. The second kappa shape index (κ2) is 5.18. The van der Waals surface area contributed by atoms with Crippen molar-refractivity contribution in [2.45, 2.75) is 13.1 Å². The number of aromatic nitrogens is 3. The summed E-state index contributed by atoms with van der Waals surface area (Å²) in [4.78, 5) is 12.4. The van der Waals surface area contributed by atoms with Gasteiger partial charge in [0.05, 0.1) is 12.2 Å². The topological polar surface area (TPSA) is 76.7 Å². The number of nitrogen functional groups attached to an aromatic ring is 1. The van der Waals surface area contributed by atoms with Gasteiger partial charge in [-0.05, 0) is 18.2 Å². The summed E-state index contributed by atoms with van der Waals surface area (Å²) in [5.41, 5.74) is 6.54. The Balaban J connectivity index is 1.85. The molecule has 0 unspecified atom stereocenters. The van der Waals surface area contributed by atoms with Crippen LogP contribution in [0.5, 0.6) is 0 Å². The highest BCUT2D eigenvalue weighted by molar-refractivity contribution is 5.24. The van der Waals surface area contributed by atoms with Gasteiger partial charge in [0.25, 0.3) is 0 Å². The van der Waals surface area contributed by atoms with E-state index in [1.165, 1.54) is 0 Å². The third-order valence-corrected chi connectivity index (χ3v) is 2.04. The highest BCUT2D eigenvalue weighted by atomic mass is 15.0. The molecule has 5 nitrogen and oxygen atoms in total. The molecule has 0 saturated heterocycles. The predicted molar refractivity (Wildman–Crippen MR) is 61.2 cm³/mol. The Morgan fingerprint density at radius 2 is 2.00 bits per heavy atom. The van der Waals surface area contributed by atoms with Crippen LogP contribution in [0.25, 0.3) is 0 Å². The maximum atomic E-state index is 5.55. The lowest BCUT2D eigenvalue weighted by molar-refractivity contribution is 0.652. The third-order valence-electron chi connectivity index (χ3n) is 2.04. The zero-order chi connectivity index (χ0) is 11.2. The zero-order valence-electron chi connectivity index (χ0n) is 8.80. The van der Waals surface area contributed by atoms with Crippen molar-refractivity contribution in [2.75, 3.05) is 5.73 Å². The summed E-state index contributed by atoms with van der Waals surface area (Å²) in [7, 11) is 0. The van der Waals surface area contributed by atoms with Crippen molar-refractivity contribution in [1.29, 1.82) is 0 Å². The van der Waals surface area contributed by atoms with Gasteiger partial charge in [-0.1, -0.05) is 6.07 Å². The molecule has 0 radical (unpaired) electrons. The van der Waals surface area contributed by atoms with Crippen LogP contribution >= 0.6 is 0 Å². The summed E-state index contributed by atoms with van der Waals surface area (Å²) in [6.45, 7) is 1.28. The van der Waals surface area contributed by atoms with Gasteiger partial charge in [0.1, 0.15) is 11.6 Å². The molecule has 0 aliphatic heterocycles. The first-order valence-corrected chi connectivity index (χ1v) is 5.02. The maximum Gasteiger partial charge on any atom is 0.144 e. The van der Waals surface area contributed by atoms with Gasteiger partial charge in [-0.2, -0.15) is 0 Å². The van der Waals surface area contributed by atoms with Crippen molar-refractivity contribution >= 4 is 5.82 Å². The van der Waals surface area contributed by atoms with Crippen LogP contribution in [0.3, 0.4) is 0 Å². The second-order valence-electron chi connectivity index (χ2n) is 3.32. The number of nitrogens with one attached hydrogen (secondary N) is 1. The van der Waals surface area contributed by atoms with Gasteiger partial charge in [-0.3, -0.25) is 4.98 Å². The average Bonchev–Trinajstić information content (AvgIpc) is 2.30. The number of nitrogens with two attached hydrogens (primary N) is 1. The smallest absolute Gasteiger partial charge is 0.144 e. The van der Waals surface area contributed by atoms with Gasteiger partial charge in [0.2, 0.25) is 0 Å². The van der Waals surface area contributed by atoms with Crippen molar-refractivity contribution in [3.05, 3.63) is 48.2 Å². The van der Waals surface area contributed by atoms with Crippen LogP contribution in [-0.4, -0.2) is 15.0 Å². The van der Waals surface area contributed by atoms with E-state index in [2.05, 4.69) is 20.3 Å². The molecular weight excluding hydrogens is 202 g/mol. The number of nitrogens with zero attached hydrogens (tertiary/aromatic N) is 3. The fourth-order valence-corrected chi connectivity index (χ4v) is 1.31. The summed E-state index contributed by atoms with van der Waals surface area (Å²) >= 11 is 0. The lowest BCUT2D eigenvalue weighted by Crippen LogP contribution is -2.15. The van der Waals surface area contributed by atoms with Gasteiger partial charge in [-0.25, -0.2) is 9.97 Å². The van der Waals surface area contributed by atoms with Gasteiger partial charge in [0.15, 0.2) is 0 Å². The van der Waals surface area contributed by atoms with E-state index in [-0.39, 0.29) is 0 Å². The van der Waals surface area contributed by atoms with Gasteiger partial charge < -0.3 is 11.1 Å². The van der Waals surface area contributed by atoms with E-state index in [0.29, 0.717) is 24.7 Å². The highest BCUT2D eigenvalue weighted by Gasteiger charge is 1.97. The fraction of sp³-hybridized carbons (Fsp3) is 0.182. The van der Waals surface area contributed by atoms with E-state index in [9.17, 15) is 0 Å². The first-order valence-electron chi connectivity index (χ1n) is 5.02. The molecule has 2 rings (SSSR count). The number of pyridine rings is 1. The molecule has 0 spiro atoms. The Bertz CT molecular complexity index is 443. The van der Waals surface area contributed by atoms with Crippen LogP contribution in [0.1, 0.15) is 11.5 Å². The molecular formula is C11H13N5. The summed E-state index contributed by atoms with van der Waals surface area (Å²) in [6.07, 6.45) is 3.42. The number of hydrogen-bond donors (Lipinski definition) is 2. The molecule has 0 aromatic carbocycles. The van der Waals surface area contributed by atoms with Gasteiger partial charge >= 0.3 is 0 Å². The molecule has 0 saturated carbocycles. The first-order chi connectivity index (χ1) is 7.84. The number of hydrogen-bond acceptors (Lipinski definition) is 5. The average molecular weight is 215 g/mol. The third kappa shape index (κ3) is 2.99. The predicted octanol–water partition coefficient (Wildman–Crippen LogP) is 0.744. The Hall–Kier alpha value is -2.01. The summed E-state index contributed by atoms with van der Waals surface area (Å²) in [5, 5.41) is 3.20. The van der Waals surface area contributed by atoms with Crippen LogP contribution in [0.2, 0.25) is 0 Å². The molecule has 3 N–H and O–H groups in total. The van der Waals surface area contributed by atoms with Crippen molar-refractivity contribution in [1.82, 2.24) is 20.3 Å². The maximum absolute atomic E-state index is 5.55. The minimum absolute atomic E-state index is 0.490. The zero-order valence-corrected chi connectivity index (χ0v) is 8.80. The molecule has 0 fully saturated rings. The molecule has 0 atom stereocenters. The SMILES string of the molecule is Nc1ccnc(CNCc2ccccn2)n1. The molecule has 5 heteroatoms. The summed E-state index contributed by atoms with van der Waals surface area (Å²) in [5.74, 6) is 1.18. The van der Waals surface area contributed by atoms with E-state index >= 15 is 0 Å². The number of anilines is 1.